The van der Waals surface area contributed by atoms with E-state index in [2.05, 4.69) is 40.1 Å². The second kappa shape index (κ2) is 6.46. The van der Waals surface area contributed by atoms with E-state index in [0.29, 0.717) is 12.0 Å². The standard InChI is InChI=1S/C11H16BrClN2/c1-8(5-12)9(2)15-6-10-3-4-14-7-11(10)13/h3-4,7-9,15H,5-6H2,1-2H3. The molecule has 0 bridgehead atoms. The van der Waals surface area contributed by atoms with Gasteiger partial charge < -0.3 is 5.32 Å². The molecule has 1 aromatic rings. The number of halogens is 2. The first-order valence-electron chi connectivity index (χ1n) is 5.03. The van der Waals surface area contributed by atoms with Crippen molar-refractivity contribution in [1.82, 2.24) is 10.3 Å². The summed E-state index contributed by atoms with van der Waals surface area (Å²) in [6.07, 6.45) is 3.44. The summed E-state index contributed by atoms with van der Waals surface area (Å²) in [5.74, 6) is 0.602. The van der Waals surface area contributed by atoms with Crippen molar-refractivity contribution in [1.29, 1.82) is 0 Å². The highest BCUT2D eigenvalue weighted by Crippen LogP contribution is 2.14. The van der Waals surface area contributed by atoms with Crippen LogP contribution in [0.15, 0.2) is 18.5 Å². The number of alkyl halides is 1. The number of aromatic nitrogens is 1. The zero-order valence-corrected chi connectivity index (χ0v) is 11.3. The van der Waals surface area contributed by atoms with Crippen molar-refractivity contribution in [2.24, 2.45) is 5.92 Å². The molecule has 1 heterocycles. The molecule has 2 atom stereocenters. The summed E-state index contributed by atoms with van der Waals surface area (Å²) in [5.41, 5.74) is 1.10. The van der Waals surface area contributed by atoms with Crippen LogP contribution in [0.25, 0.3) is 0 Å². The van der Waals surface area contributed by atoms with Gasteiger partial charge in [0.2, 0.25) is 0 Å². The van der Waals surface area contributed by atoms with Gasteiger partial charge in [-0.05, 0) is 24.5 Å². The Hall–Kier alpha value is -0.120. The number of pyridine rings is 1. The fourth-order valence-electron chi connectivity index (χ4n) is 1.15. The van der Waals surface area contributed by atoms with Gasteiger partial charge >= 0.3 is 0 Å². The fourth-order valence-corrected chi connectivity index (χ4v) is 1.90. The molecule has 0 aliphatic heterocycles. The van der Waals surface area contributed by atoms with Gasteiger partial charge in [0.15, 0.2) is 0 Å². The van der Waals surface area contributed by atoms with Crippen LogP contribution in [0.3, 0.4) is 0 Å². The molecule has 2 unspecified atom stereocenters. The molecule has 0 aromatic carbocycles. The largest absolute Gasteiger partial charge is 0.310 e. The maximum atomic E-state index is 6.01. The lowest BCUT2D eigenvalue weighted by Gasteiger charge is -2.19. The number of hydrogen-bond acceptors (Lipinski definition) is 2. The SMILES string of the molecule is CC(CBr)C(C)NCc1ccncc1Cl. The second-order valence-corrected chi connectivity index (χ2v) is 4.82. The highest BCUT2D eigenvalue weighted by Gasteiger charge is 2.10. The lowest BCUT2D eigenvalue weighted by molar-refractivity contribution is 0.433. The third-order valence-electron chi connectivity index (χ3n) is 2.57. The van der Waals surface area contributed by atoms with Gasteiger partial charge in [0.1, 0.15) is 0 Å². The van der Waals surface area contributed by atoms with Gasteiger partial charge in [-0.2, -0.15) is 0 Å². The predicted molar refractivity (Wildman–Crippen MR) is 68.5 cm³/mol. The van der Waals surface area contributed by atoms with Crippen LogP contribution in [-0.4, -0.2) is 16.4 Å². The van der Waals surface area contributed by atoms with E-state index in [1.54, 1.807) is 12.4 Å². The van der Waals surface area contributed by atoms with E-state index in [1.165, 1.54) is 0 Å². The Kier molecular flexibility index (Phi) is 5.58. The summed E-state index contributed by atoms with van der Waals surface area (Å²) in [4.78, 5) is 3.96. The highest BCUT2D eigenvalue weighted by molar-refractivity contribution is 9.09. The van der Waals surface area contributed by atoms with E-state index in [-0.39, 0.29) is 0 Å². The van der Waals surface area contributed by atoms with Gasteiger partial charge in [-0.15, -0.1) is 0 Å². The van der Waals surface area contributed by atoms with Crippen molar-refractivity contribution >= 4 is 27.5 Å². The van der Waals surface area contributed by atoms with Gasteiger partial charge in [-0.25, -0.2) is 0 Å². The average molecular weight is 292 g/mol. The molecule has 0 radical (unpaired) electrons. The smallest absolute Gasteiger partial charge is 0.0634 e. The summed E-state index contributed by atoms with van der Waals surface area (Å²) >= 11 is 9.49. The summed E-state index contributed by atoms with van der Waals surface area (Å²) < 4.78 is 0. The van der Waals surface area contributed by atoms with Crippen LogP contribution in [0.2, 0.25) is 5.02 Å². The Bertz CT molecular complexity index is 306. The Morgan fingerprint density at radius 3 is 2.87 bits per heavy atom. The third kappa shape index (κ3) is 4.09. The predicted octanol–water partition coefficient (Wildman–Crippen LogP) is 3.24. The normalized spacial score (nSPS) is 14.9. The molecule has 0 saturated heterocycles. The van der Waals surface area contributed by atoms with E-state index in [4.69, 9.17) is 11.6 Å². The van der Waals surface area contributed by atoms with E-state index in [9.17, 15) is 0 Å². The van der Waals surface area contributed by atoms with Crippen LogP contribution in [-0.2, 0) is 6.54 Å². The van der Waals surface area contributed by atoms with Crippen molar-refractivity contribution in [2.75, 3.05) is 5.33 Å². The quantitative estimate of drug-likeness (QED) is 0.843. The molecule has 84 valence electrons. The number of nitrogens with zero attached hydrogens (tertiary/aromatic N) is 1. The maximum absolute atomic E-state index is 6.01. The zero-order chi connectivity index (χ0) is 11.3. The highest BCUT2D eigenvalue weighted by atomic mass is 79.9. The van der Waals surface area contributed by atoms with Crippen LogP contribution in [0.4, 0.5) is 0 Å². The first kappa shape index (κ1) is 12.9. The molecular weight excluding hydrogens is 275 g/mol. The lowest BCUT2D eigenvalue weighted by Crippen LogP contribution is -2.32. The Morgan fingerprint density at radius 1 is 1.53 bits per heavy atom. The van der Waals surface area contributed by atoms with Crippen LogP contribution >= 0.6 is 27.5 Å². The summed E-state index contributed by atoms with van der Waals surface area (Å²) in [7, 11) is 0. The third-order valence-corrected chi connectivity index (χ3v) is 3.93. The van der Waals surface area contributed by atoms with Crippen LogP contribution in [0.5, 0.6) is 0 Å². The van der Waals surface area contributed by atoms with Gasteiger partial charge in [0.25, 0.3) is 0 Å². The summed E-state index contributed by atoms with van der Waals surface area (Å²) in [5, 5.41) is 5.18. The van der Waals surface area contributed by atoms with Crippen LogP contribution in [0.1, 0.15) is 19.4 Å². The van der Waals surface area contributed by atoms with Gasteiger partial charge in [-0.1, -0.05) is 34.5 Å². The molecule has 0 fully saturated rings. The minimum Gasteiger partial charge on any atom is -0.310 e. The van der Waals surface area contributed by atoms with Crippen molar-refractivity contribution in [2.45, 2.75) is 26.4 Å². The van der Waals surface area contributed by atoms with Gasteiger partial charge in [0.05, 0.1) is 5.02 Å². The molecule has 0 saturated carbocycles. The fraction of sp³-hybridized carbons (Fsp3) is 0.545. The Morgan fingerprint density at radius 2 is 2.27 bits per heavy atom. The molecular formula is C11H16BrClN2. The Labute approximate surface area is 105 Å². The first-order valence-corrected chi connectivity index (χ1v) is 6.52. The molecule has 1 rings (SSSR count). The molecule has 0 aliphatic carbocycles. The summed E-state index contributed by atoms with van der Waals surface area (Å²) in [6.45, 7) is 5.18. The van der Waals surface area contributed by atoms with Crippen molar-refractivity contribution in [3.8, 4) is 0 Å². The van der Waals surface area contributed by atoms with E-state index in [1.807, 2.05) is 6.07 Å². The molecule has 0 aliphatic rings. The second-order valence-electron chi connectivity index (χ2n) is 3.77. The minimum absolute atomic E-state index is 0.466. The van der Waals surface area contributed by atoms with Crippen LogP contribution < -0.4 is 5.32 Å². The average Bonchev–Trinajstić information content (AvgIpc) is 2.26. The topological polar surface area (TPSA) is 24.9 Å². The molecule has 1 aromatic heterocycles. The number of nitrogens with one attached hydrogen (secondary N) is 1. The Balaban J connectivity index is 2.47. The van der Waals surface area contributed by atoms with E-state index in [0.717, 1.165) is 22.5 Å². The first-order chi connectivity index (χ1) is 7.15. The summed E-state index contributed by atoms with van der Waals surface area (Å²) in [6, 6.07) is 2.41. The van der Waals surface area contributed by atoms with Crippen LogP contribution in [0, 0.1) is 5.92 Å². The van der Waals surface area contributed by atoms with Crippen molar-refractivity contribution in [3.63, 3.8) is 0 Å². The molecule has 2 nitrogen and oxygen atoms in total. The van der Waals surface area contributed by atoms with Crippen molar-refractivity contribution in [3.05, 3.63) is 29.0 Å². The maximum Gasteiger partial charge on any atom is 0.0634 e. The van der Waals surface area contributed by atoms with Gasteiger partial charge in [0, 0.05) is 30.3 Å². The molecule has 1 N–H and O–H groups in total. The molecule has 4 heteroatoms. The molecule has 15 heavy (non-hydrogen) atoms. The molecule has 0 spiro atoms. The lowest BCUT2D eigenvalue weighted by atomic mass is 10.1. The van der Waals surface area contributed by atoms with E-state index < -0.39 is 0 Å². The van der Waals surface area contributed by atoms with E-state index >= 15 is 0 Å². The monoisotopic (exact) mass is 290 g/mol. The van der Waals surface area contributed by atoms with Crippen molar-refractivity contribution < 1.29 is 0 Å². The molecule has 0 amide bonds. The van der Waals surface area contributed by atoms with Gasteiger partial charge in [-0.3, -0.25) is 4.98 Å². The number of rotatable bonds is 5. The minimum atomic E-state index is 0.466. The number of hydrogen-bond donors (Lipinski definition) is 1. The zero-order valence-electron chi connectivity index (χ0n) is 9.00.